The van der Waals surface area contributed by atoms with E-state index in [1.54, 1.807) is 42.5 Å². The molecule has 0 saturated heterocycles. The van der Waals surface area contributed by atoms with Gasteiger partial charge in [0.25, 0.3) is 5.91 Å². The molecular formula is C25H19ClN2O5S. The van der Waals surface area contributed by atoms with Crippen molar-refractivity contribution in [1.82, 2.24) is 5.43 Å². The number of methoxy groups -OCH3 is 2. The number of hydrogen-bond donors (Lipinski definition) is 1. The van der Waals surface area contributed by atoms with Crippen LogP contribution in [0.15, 0.2) is 71.8 Å². The van der Waals surface area contributed by atoms with Crippen LogP contribution in [-0.2, 0) is 0 Å². The number of thiophene rings is 1. The molecular weight excluding hydrogens is 476 g/mol. The number of rotatable bonds is 7. The van der Waals surface area contributed by atoms with Crippen LogP contribution in [0.1, 0.15) is 25.6 Å². The normalized spacial score (nSPS) is 10.9. The van der Waals surface area contributed by atoms with E-state index in [9.17, 15) is 9.59 Å². The third-order valence-corrected chi connectivity index (χ3v) is 6.48. The van der Waals surface area contributed by atoms with E-state index in [1.807, 2.05) is 24.3 Å². The number of hydrazone groups is 1. The highest BCUT2D eigenvalue weighted by atomic mass is 35.5. The molecule has 9 heteroatoms. The summed E-state index contributed by atoms with van der Waals surface area (Å²) in [5.74, 6) is 0.181. The van der Waals surface area contributed by atoms with Crippen LogP contribution in [0, 0.1) is 0 Å². The zero-order chi connectivity index (χ0) is 24.1. The second kappa shape index (κ2) is 10.4. The van der Waals surface area contributed by atoms with Crippen LogP contribution in [0.5, 0.6) is 17.2 Å². The van der Waals surface area contributed by atoms with Gasteiger partial charge in [0.1, 0.15) is 10.6 Å². The predicted octanol–water partition coefficient (Wildman–Crippen LogP) is 5.56. The molecule has 0 bridgehead atoms. The van der Waals surface area contributed by atoms with Crippen LogP contribution < -0.4 is 19.6 Å². The molecule has 0 radical (unpaired) electrons. The van der Waals surface area contributed by atoms with Crippen LogP contribution in [0.3, 0.4) is 0 Å². The fourth-order valence-corrected chi connectivity index (χ4v) is 4.52. The Morgan fingerprint density at radius 1 is 0.971 bits per heavy atom. The Labute approximate surface area is 204 Å². The van der Waals surface area contributed by atoms with Crippen molar-refractivity contribution in [2.45, 2.75) is 0 Å². The van der Waals surface area contributed by atoms with E-state index in [4.69, 9.17) is 25.8 Å². The van der Waals surface area contributed by atoms with Gasteiger partial charge in [0, 0.05) is 15.6 Å². The minimum absolute atomic E-state index is 0.235. The lowest BCUT2D eigenvalue weighted by Crippen LogP contribution is -2.17. The van der Waals surface area contributed by atoms with Crippen LogP contribution in [-0.4, -0.2) is 32.3 Å². The van der Waals surface area contributed by atoms with E-state index in [0.717, 1.165) is 10.1 Å². The van der Waals surface area contributed by atoms with E-state index >= 15 is 0 Å². The monoisotopic (exact) mass is 494 g/mol. The lowest BCUT2D eigenvalue weighted by molar-refractivity contribution is 0.0734. The summed E-state index contributed by atoms with van der Waals surface area (Å²) in [5, 5.41) is 5.14. The standard InChI is InChI=1S/C25H19ClN2O5S/c1-31-17-7-5-6-16(13-17)24(29)28-27-14-15-10-11-19(20(12-15)32-2)33-25(30)23-22(26)18-8-3-4-9-21(18)34-23/h3-14H,1-2H3,(H,28,29)/b27-14-. The van der Waals surface area contributed by atoms with Gasteiger partial charge in [-0.1, -0.05) is 35.9 Å². The van der Waals surface area contributed by atoms with E-state index in [0.29, 0.717) is 32.5 Å². The Morgan fingerprint density at radius 3 is 2.56 bits per heavy atom. The largest absolute Gasteiger partial charge is 0.497 e. The molecule has 0 aliphatic carbocycles. The molecule has 1 heterocycles. The van der Waals surface area contributed by atoms with Crippen LogP contribution in [0.2, 0.25) is 5.02 Å². The molecule has 0 aliphatic rings. The molecule has 34 heavy (non-hydrogen) atoms. The number of benzene rings is 3. The molecule has 1 aromatic heterocycles. The number of esters is 1. The molecule has 0 fully saturated rings. The van der Waals surface area contributed by atoms with Crippen LogP contribution in [0.4, 0.5) is 0 Å². The minimum atomic E-state index is -0.573. The number of nitrogens with zero attached hydrogens (tertiary/aromatic N) is 1. The summed E-state index contributed by atoms with van der Waals surface area (Å²) in [5.41, 5.74) is 3.50. The van der Waals surface area contributed by atoms with Crippen molar-refractivity contribution in [3.63, 3.8) is 0 Å². The van der Waals surface area contributed by atoms with E-state index < -0.39 is 5.97 Å². The first-order valence-corrected chi connectivity index (χ1v) is 11.2. The summed E-state index contributed by atoms with van der Waals surface area (Å²) in [6.45, 7) is 0. The van der Waals surface area contributed by atoms with E-state index in [1.165, 1.54) is 31.8 Å². The molecule has 1 amide bonds. The molecule has 0 unspecified atom stereocenters. The highest BCUT2D eigenvalue weighted by molar-refractivity contribution is 7.21. The van der Waals surface area contributed by atoms with Crippen molar-refractivity contribution in [1.29, 1.82) is 0 Å². The Morgan fingerprint density at radius 2 is 1.79 bits per heavy atom. The number of ether oxygens (including phenoxy) is 3. The van der Waals surface area contributed by atoms with Gasteiger partial charge < -0.3 is 14.2 Å². The zero-order valence-corrected chi connectivity index (χ0v) is 19.8. The molecule has 3 aromatic carbocycles. The maximum Gasteiger partial charge on any atom is 0.355 e. The average molecular weight is 495 g/mol. The Kier molecular flexibility index (Phi) is 7.10. The third kappa shape index (κ3) is 5.03. The van der Waals surface area contributed by atoms with Gasteiger partial charge in [-0.3, -0.25) is 4.79 Å². The fourth-order valence-electron chi connectivity index (χ4n) is 3.13. The van der Waals surface area contributed by atoms with E-state index in [-0.39, 0.29) is 11.7 Å². The summed E-state index contributed by atoms with van der Waals surface area (Å²) >= 11 is 7.65. The van der Waals surface area contributed by atoms with Crippen molar-refractivity contribution >= 4 is 51.1 Å². The highest BCUT2D eigenvalue weighted by Gasteiger charge is 2.20. The number of carbonyl (C=O) groups excluding carboxylic acids is 2. The zero-order valence-electron chi connectivity index (χ0n) is 18.2. The number of fused-ring (bicyclic) bond motifs is 1. The van der Waals surface area contributed by atoms with Crippen molar-refractivity contribution in [2.75, 3.05) is 14.2 Å². The molecule has 0 aliphatic heterocycles. The summed E-state index contributed by atoms with van der Waals surface area (Å²) in [7, 11) is 2.99. The van der Waals surface area contributed by atoms with Crippen LogP contribution in [0.25, 0.3) is 10.1 Å². The summed E-state index contributed by atoms with van der Waals surface area (Å²) < 4.78 is 16.9. The lowest BCUT2D eigenvalue weighted by Gasteiger charge is -2.09. The SMILES string of the molecule is COc1cccc(C(=O)N/N=C\c2ccc(OC(=O)c3sc4ccccc4c3Cl)c(OC)c2)c1. The fraction of sp³-hybridized carbons (Fsp3) is 0.0800. The van der Waals surface area contributed by atoms with Gasteiger partial charge in [-0.05, 0) is 48.0 Å². The second-order valence-corrected chi connectivity index (χ2v) is 8.40. The van der Waals surface area contributed by atoms with Crippen LogP contribution >= 0.6 is 22.9 Å². The summed E-state index contributed by atoms with van der Waals surface area (Å²) in [6, 6.07) is 19.1. The van der Waals surface area contributed by atoms with Gasteiger partial charge in [0.05, 0.1) is 25.5 Å². The minimum Gasteiger partial charge on any atom is -0.497 e. The van der Waals surface area contributed by atoms with Gasteiger partial charge in [0.15, 0.2) is 11.5 Å². The molecule has 7 nitrogen and oxygen atoms in total. The Hall–Kier alpha value is -3.88. The molecule has 4 rings (SSSR count). The first kappa shape index (κ1) is 23.3. The van der Waals surface area contributed by atoms with Gasteiger partial charge in [-0.2, -0.15) is 5.10 Å². The maximum absolute atomic E-state index is 12.8. The van der Waals surface area contributed by atoms with Crippen molar-refractivity contribution in [3.8, 4) is 17.2 Å². The van der Waals surface area contributed by atoms with Crippen molar-refractivity contribution < 1.29 is 23.8 Å². The number of nitrogens with one attached hydrogen (secondary N) is 1. The number of carbonyl (C=O) groups is 2. The average Bonchev–Trinajstić information content (AvgIpc) is 3.21. The number of amides is 1. The molecule has 4 aromatic rings. The van der Waals surface area contributed by atoms with Crippen molar-refractivity contribution in [3.05, 3.63) is 87.8 Å². The van der Waals surface area contributed by atoms with Gasteiger partial charge in [0.2, 0.25) is 0 Å². The van der Waals surface area contributed by atoms with Crippen molar-refractivity contribution in [2.24, 2.45) is 5.10 Å². The number of hydrogen-bond acceptors (Lipinski definition) is 7. The summed E-state index contributed by atoms with van der Waals surface area (Å²) in [4.78, 5) is 25.3. The summed E-state index contributed by atoms with van der Waals surface area (Å²) in [6.07, 6.45) is 1.45. The lowest BCUT2D eigenvalue weighted by atomic mass is 10.2. The smallest absolute Gasteiger partial charge is 0.355 e. The highest BCUT2D eigenvalue weighted by Crippen LogP contribution is 2.37. The quantitative estimate of drug-likeness (QED) is 0.157. The molecule has 0 spiro atoms. The second-order valence-electron chi connectivity index (χ2n) is 6.97. The number of halogens is 1. The predicted molar refractivity (Wildman–Crippen MR) is 133 cm³/mol. The van der Waals surface area contributed by atoms with Gasteiger partial charge in [-0.15, -0.1) is 11.3 Å². The Balaban J connectivity index is 1.46. The molecule has 172 valence electrons. The molecule has 1 N–H and O–H groups in total. The topological polar surface area (TPSA) is 86.2 Å². The Bertz CT molecular complexity index is 1400. The maximum atomic E-state index is 12.8. The van der Waals surface area contributed by atoms with Gasteiger partial charge >= 0.3 is 5.97 Å². The first-order chi connectivity index (χ1) is 16.5. The molecule has 0 atom stereocenters. The first-order valence-electron chi connectivity index (χ1n) is 10.0. The van der Waals surface area contributed by atoms with E-state index in [2.05, 4.69) is 10.5 Å². The third-order valence-electron chi connectivity index (χ3n) is 4.82. The molecule has 0 saturated carbocycles. The van der Waals surface area contributed by atoms with Gasteiger partial charge in [-0.25, -0.2) is 10.2 Å².